The van der Waals surface area contributed by atoms with Crippen molar-refractivity contribution in [2.75, 3.05) is 11.6 Å². The molecule has 1 amide bonds. The van der Waals surface area contributed by atoms with Crippen LogP contribution in [0.5, 0.6) is 0 Å². The van der Waals surface area contributed by atoms with Crippen LogP contribution >= 0.6 is 11.8 Å². The van der Waals surface area contributed by atoms with E-state index in [1.54, 1.807) is 10.9 Å². The molecule has 4 rings (SSSR count). The second-order valence-electron chi connectivity index (χ2n) is 6.57. The van der Waals surface area contributed by atoms with Crippen LogP contribution in [-0.2, 0) is 6.54 Å². The van der Waals surface area contributed by atoms with Gasteiger partial charge in [0, 0.05) is 11.8 Å². The largest absolute Gasteiger partial charge is 0.305 e. The molecule has 0 radical (unpaired) electrons. The smallest absolute Gasteiger partial charge is 0.275 e. The summed E-state index contributed by atoms with van der Waals surface area (Å²) in [6, 6.07) is 21.7. The van der Waals surface area contributed by atoms with Crippen LogP contribution in [0.1, 0.15) is 21.7 Å². The Morgan fingerprint density at radius 1 is 1.07 bits per heavy atom. The molecule has 2 aromatic carbocycles. The highest BCUT2D eigenvalue weighted by molar-refractivity contribution is 7.98. The average molecular weight is 404 g/mol. The number of para-hydroxylation sites is 1. The van der Waals surface area contributed by atoms with Crippen molar-refractivity contribution in [1.82, 2.24) is 19.3 Å². The molecule has 0 saturated heterocycles. The summed E-state index contributed by atoms with van der Waals surface area (Å²) >= 11 is 1.50. The first-order valence-electron chi connectivity index (χ1n) is 9.22. The lowest BCUT2D eigenvalue weighted by Gasteiger charge is -2.12. The number of thioether (sulfide) groups is 1. The minimum atomic E-state index is -0.226. The summed E-state index contributed by atoms with van der Waals surface area (Å²) in [5.41, 5.74) is 3.34. The summed E-state index contributed by atoms with van der Waals surface area (Å²) in [5.74, 6) is 0.429. The highest BCUT2D eigenvalue weighted by atomic mass is 32.2. The van der Waals surface area contributed by atoms with E-state index in [1.807, 2.05) is 84.5 Å². The molecule has 7 heteroatoms. The van der Waals surface area contributed by atoms with Gasteiger partial charge in [-0.3, -0.25) is 9.36 Å². The maximum absolute atomic E-state index is 13.1. The van der Waals surface area contributed by atoms with Gasteiger partial charge in [0.05, 0.1) is 18.4 Å². The van der Waals surface area contributed by atoms with Crippen molar-refractivity contribution < 1.29 is 4.79 Å². The first-order chi connectivity index (χ1) is 14.2. The van der Waals surface area contributed by atoms with Gasteiger partial charge in [0.15, 0.2) is 5.16 Å². The summed E-state index contributed by atoms with van der Waals surface area (Å²) in [4.78, 5) is 17.5. The summed E-state index contributed by atoms with van der Waals surface area (Å²) in [7, 11) is 0. The van der Waals surface area contributed by atoms with Crippen molar-refractivity contribution in [3.8, 4) is 5.69 Å². The number of amides is 1. The fraction of sp³-hybridized carbons (Fsp3) is 0.136. The molecule has 4 aromatic rings. The molecule has 6 nitrogen and oxygen atoms in total. The van der Waals surface area contributed by atoms with Gasteiger partial charge in [-0.05, 0) is 30.9 Å². The summed E-state index contributed by atoms with van der Waals surface area (Å²) in [6.45, 7) is 2.50. The van der Waals surface area contributed by atoms with E-state index < -0.39 is 0 Å². The molecule has 146 valence electrons. The Morgan fingerprint density at radius 3 is 2.45 bits per heavy atom. The molecule has 0 aliphatic heterocycles. The topological polar surface area (TPSA) is 64.7 Å². The van der Waals surface area contributed by atoms with Gasteiger partial charge < -0.3 is 5.32 Å². The third kappa shape index (κ3) is 4.09. The van der Waals surface area contributed by atoms with Crippen LogP contribution in [0.3, 0.4) is 0 Å². The minimum Gasteiger partial charge on any atom is -0.305 e. The number of hydrogen-bond acceptors (Lipinski definition) is 4. The summed E-state index contributed by atoms with van der Waals surface area (Å²) in [6.07, 6.45) is 3.56. The van der Waals surface area contributed by atoms with Gasteiger partial charge in [-0.15, -0.1) is 0 Å². The highest BCUT2D eigenvalue weighted by Gasteiger charge is 2.19. The molecule has 1 N–H and O–H groups in total. The number of carbonyl (C=O) groups excluding carboxylic acids is 1. The van der Waals surface area contributed by atoms with Gasteiger partial charge in [-0.2, -0.15) is 5.10 Å². The van der Waals surface area contributed by atoms with Crippen LogP contribution in [0.2, 0.25) is 0 Å². The first kappa shape index (κ1) is 19.0. The number of anilines is 1. The van der Waals surface area contributed by atoms with Crippen molar-refractivity contribution in [1.29, 1.82) is 0 Å². The molecule has 0 fully saturated rings. The molecular weight excluding hydrogens is 382 g/mol. The van der Waals surface area contributed by atoms with Crippen LogP contribution in [0.15, 0.2) is 78.1 Å². The zero-order chi connectivity index (χ0) is 20.2. The predicted octanol–water partition coefficient (Wildman–Crippen LogP) is 4.40. The number of hydrogen-bond donors (Lipinski definition) is 1. The fourth-order valence-corrected chi connectivity index (χ4v) is 3.71. The lowest BCUT2D eigenvalue weighted by Crippen LogP contribution is -2.19. The number of aryl methyl sites for hydroxylation is 1. The van der Waals surface area contributed by atoms with Crippen molar-refractivity contribution in [3.05, 3.63) is 89.9 Å². The van der Waals surface area contributed by atoms with Crippen molar-refractivity contribution in [2.24, 2.45) is 0 Å². The van der Waals surface area contributed by atoms with Crippen molar-refractivity contribution >= 4 is 23.5 Å². The van der Waals surface area contributed by atoms with E-state index in [1.165, 1.54) is 11.8 Å². The van der Waals surface area contributed by atoms with Gasteiger partial charge in [0.25, 0.3) is 5.91 Å². The number of nitrogens with zero attached hydrogens (tertiary/aromatic N) is 4. The molecule has 2 heterocycles. The average Bonchev–Trinajstić information content (AvgIpc) is 3.32. The number of aromatic nitrogens is 4. The van der Waals surface area contributed by atoms with E-state index in [2.05, 4.69) is 15.4 Å². The molecule has 0 spiro atoms. The molecule has 2 aromatic heterocycles. The van der Waals surface area contributed by atoms with E-state index in [9.17, 15) is 4.79 Å². The van der Waals surface area contributed by atoms with Gasteiger partial charge in [0.1, 0.15) is 11.5 Å². The third-order valence-electron chi connectivity index (χ3n) is 4.48. The van der Waals surface area contributed by atoms with E-state index in [4.69, 9.17) is 0 Å². The van der Waals surface area contributed by atoms with Gasteiger partial charge in [0.2, 0.25) is 0 Å². The van der Waals surface area contributed by atoms with Crippen LogP contribution in [0.25, 0.3) is 5.69 Å². The standard InChI is InChI=1S/C22H21N5OS/c1-16-13-20(26(25-16)15-17-9-5-3-6-10-17)24-21(28)19-14-23-22(29-2)27(19)18-11-7-4-8-12-18/h3-14H,15H2,1-2H3,(H,24,28). The molecular formula is C22H21N5OS. The predicted molar refractivity (Wildman–Crippen MR) is 116 cm³/mol. The Labute approximate surface area is 173 Å². The van der Waals surface area contributed by atoms with Gasteiger partial charge in [-0.1, -0.05) is 60.3 Å². The number of imidazole rings is 1. The number of nitrogens with one attached hydrogen (secondary N) is 1. The molecule has 0 aliphatic rings. The Bertz CT molecular complexity index is 1120. The molecule has 0 bridgehead atoms. The number of benzene rings is 2. The maximum atomic E-state index is 13.1. The van der Waals surface area contributed by atoms with E-state index in [0.29, 0.717) is 18.1 Å². The molecule has 0 atom stereocenters. The van der Waals surface area contributed by atoms with Crippen LogP contribution < -0.4 is 5.32 Å². The Balaban J connectivity index is 1.64. The fourth-order valence-electron chi connectivity index (χ4n) is 3.17. The second kappa shape index (κ2) is 8.36. The van der Waals surface area contributed by atoms with E-state index >= 15 is 0 Å². The highest BCUT2D eigenvalue weighted by Crippen LogP contribution is 2.23. The summed E-state index contributed by atoms with van der Waals surface area (Å²) < 4.78 is 3.67. The zero-order valence-corrected chi connectivity index (χ0v) is 17.1. The van der Waals surface area contributed by atoms with E-state index in [0.717, 1.165) is 22.1 Å². The number of carbonyl (C=O) groups is 1. The normalized spacial score (nSPS) is 10.8. The lowest BCUT2D eigenvalue weighted by molar-refractivity contribution is 0.101. The molecule has 0 unspecified atom stereocenters. The summed E-state index contributed by atoms with van der Waals surface area (Å²) in [5, 5.41) is 8.30. The monoisotopic (exact) mass is 403 g/mol. The molecule has 0 aliphatic carbocycles. The lowest BCUT2D eigenvalue weighted by atomic mass is 10.2. The second-order valence-corrected chi connectivity index (χ2v) is 7.34. The van der Waals surface area contributed by atoms with Crippen LogP contribution in [0.4, 0.5) is 5.82 Å². The number of rotatable bonds is 6. The minimum absolute atomic E-state index is 0.226. The zero-order valence-electron chi connectivity index (χ0n) is 16.2. The van der Waals surface area contributed by atoms with Gasteiger partial charge in [-0.25, -0.2) is 9.67 Å². The Kier molecular flexibility index (Phi) is 5.48. The van der Waals surface area contributed by atoms with Crippen LogP contribution in [0, 0.1) is 6.92 Å². The maximum Gasteiger partial charge on any atom is 0.275 e. The van der Waals surface area contributed by atoms with E-state index in [-0.39, 0.29) is 5.91 Å². The SMILES string of the molecule is CSc1ncc(C(=O)Nc2cc(C)nn2Cc2ccccc2)n1-c1ccccc1. The molecule has 29 heavy (non-hydrogen) atoms. The third-order valence-corrected chi connectivity index (χ3v) is 5.13. The van der Waals surface area contributed by atoms with Crippen molar-refractivity contribution in [3.63, 3.8) is 0 Å². The Hall–Kier alpha value is -3.32. The molecule has 0 saturated carbocycles. The van der Waals surface area contributed by atoms with Gasteiger partial charge >= 0.3 is 0 Å². The van der Waals surface area contributed by atoms with Crippen molar-refractivity contribution in [2.45, 2.75) is 18.6 Å². The quantitative estimate of drug-likeness (QED) is 0.485. The Morgan fingerprint density at radius 2 is 1.76 bits per heavy atom. The van der Waals surface area contributed by atoms with Crippen LogP contribution in [-0.4, -0.2) is 31.5 Å². The first-order valence-corrected chi connectivity index (χ1v) is 10.4.